The average Bonchev–Trinajstić information content (AvgIpc) is 2.60. The van der Waals surface area contributed by atoms with Crippen molar-refractivity contribution in [3.63, 3.8) is 0 Å². The monoisotopic (exact) mass is 312 g/mol. The SMILES string of the molecule is O=C1O[C@H](COCc2ccccc2)C1COCc1ccccc1. The van der Waals surface area contributed by atoms with E-state index in [1.165, 1.54) is 0 Å². The summed E-state index contributed by atoms with van der Waals surface area (Å²) >= 11 is 0. The first-order valence-electron chi connectivity index (χ1n) is 7.77. The molecule has 1 unspecified atom stereocenters. The minimum atomic E-state index is -0.227. The van der Waals surface area contributed by atoms with Crippen LogP contribution in [-0.4, -0.2) is 25.3 Å². The predicted molar refractivity (Wildman–Crippen MR) is 85.6 cm³/mol. The van der Waals surface area contributed by atoms with Crippen LogP contribution in [0.1, 0.15) is 11.1 Å². The quantitative estimate of drug-likeness (QED) is 0.703. The molecule has 1 fully saturated rings. The molecule has 1 aliphatic heterocycles. The maximum absolute atomic E-state index is 11.6. The van der Waals surface area contributed by atoms with Crippen molar-refractivity contribution in [3.8, 4) is 0 Å². The van der Waals surface area contributed by atoms with E-state index in [-0.39, 0.29) is 18.0 Å². The second kappa shape index (κ2) is 7.90. The maximum Gasteiger partial charge on any atom is 0.315 e. The third-order valence-corrected chi connectivity index (χ3v) is 3.82. The van der Waals surface area contributed by atoms with Crippen molar-refractivity contribution in [2.24, 2.45) is 5.92 Å². The van der Waals surface area contributed by atoms with E-state index < -0.39 is 0 Å². The lowest BCUT2D eigenvalue weighted by Gasteiger charge is -2.34. The van der Waals surface area contributed by atoms with E-state index in [0.717, 1.165) is 11.1 Å². The summed E-state index contributed by atoms with van der Waals surface area (Å²) < 4.78 is 16.4. The molecule has 4 nitrogen and oxygen atoms in total. The van der Waals surface area contributed by atoms with Crippen LogP contribution in [-0.2, 0) is 32.2 Å². The molecule has 3 rings (SSSR count). The number of hydrogen-bond donors (Lipinski definition) is 0. The van der Waals surface area contributed by atoms with E-state index >= 15 is 0 Å². The van der Waals surface area contributed by atoms with Gasteiger partial charge in [0.15, 0.2) is 0 Å². The van der Waals surface area contributed by atoms with Gasteiger partial charge in [-0.2, -0.15) is 0 Å². The summed E-state index contributed by atoms with van der Waals surface area (Å²) in [4.78, 5) is 11.6. The molecule has 2 aromatic carbocycles. The molecular formula is C19H20O4. The van der Waals surface area contributed by atoms with E-state index in [1.54, 1.807) is 0 Å². The standard InChI is InChI=1S/C19H20O4/c20-19-17(13-21-11-15-7-3-1-4-8-15)18(23-19)14-22-12-16-9-5-2-6-10-16/h1-10,17-18H,11-14H2/t17?,18-/m1/s1. The van der Waals surface area contributed by atoms with Crippen LogP contribution in [0, 0.1) is 5.92 Å². The van der Waals surface area contributed by atoms with Gasteiger partial charge < -0.3 is 14.2 Å². The minimum absolute atomic E-state index is 0.202. The molecule has 0 radical (unpaired) electrons. The van der Waals surface area contributed by atoms with Crippen molar-refractivity contribution in [2.45, 2.75) is 19.3 Å². The zero-order valence-corrected chi connectivity index (χ0v) is 12.9. The lowest BCUT2D eigenvalue weighted by atomic mass is 9.98. The van der Waals surface area contributed by atoms with Crippen LogP contribution in [0.5, 0.6) is 0 Å². The van der Waals surface area contributed by atoms with Crippen molar-refractivity contribution >= 4 is 5.97 Å². The van der Waals surface area contributed by atoms with Crippen LogP contribution in [0.3, 0.4) is 0 Å². The first kappa shape index (κ1) is 15.7. The zero-order valence-electron chi connectivity index (χ0n) is 12.9. The third-order valence-electron chi connectivity index (χ3n) is 3.82. The largest absolute Gasteiger partial charge is 0.459 e. The van der Waals surface area contributed by atoms with Gasteiger partial charge >= 0.3 is 5.97 Å². The Labute approximate surface area is 136 Å². The minimum Gasteiger partial charge on any atom is -0.459 e. The van der Waals surface area contributed by atoms with Crippen LogP contribution in [0.2, 0.25) is 0 Å². The Hall–Kier alpha value is -2.17. The number of benzene rings is 2. The predicted octanol–water partition coefficient (Wildman–Crippen LogP) is 2.96. The molecule has 0 spiro atoms. The highest BCUT2D eigenvalue weighted by Gasteiger charge is 2.42. The van der Waals surface area contributed by atoms with Gasteiger partial charge in [-0.05, 0) is 11.1 Å². The number of carbonyl (C=O) groups is 1. The molecule has 0 bridgehead atoms. The molecule has 120 valence electrons. The summed E-state index contributed by atoms with van der Waals surface area (Å²) in [5.74, 6) is -0.430. The van der Waals surface area contributed by atoms with Gasteiger partial charge in [-0.3, -0.25) is 4.79 Å². The summed E-state index contributed by atoms with van der Waals surface area (Å²) in [6, 6.07) is 19.8. The molecule has 0 saturated carbocycles. The second-order valence-corrected chi connectivity index (χ2v) is 5.58. The van der Waals surface area contributed by atoms with Crippen LogP contribution in [0.25, 0.3) is 0 Å². The Morgan fingerprint density at radius 1 is 0.783 bits per heavy atom. The second-order valence-electron chi connectivity index (χ2n) is 5.58. The zero-order chi connectivity index (χ0) is 15.9. The van der Waals surface area contributed by atoms with Crippen LogP contribution in [0.15, 0.2) is 60.7 Å². The molecule has 2 aromatic rings. The molecular weight excluding hydrogens is 292 g/mol. The molecule has 1 aliphatic rings. The van der Waals surface area contributed by atoms with Crippen molar-refractivity contribution in [1.29, 1.82) is 0 Å². The molecule has 1 saturated heterocycles. The number of hydrogen-bond acceptors (Lipinski definition) is 4. The Morgan fingerprint density at radius 3 is 1.83 bits per heavy atom. The first-order chi connectivity index (χ1) is 11.3. The van der Waals surface area contributed by atoms with Crippen molar-refractivity contribution in [3.05, 3.63) is 71.8 Å². The fourth-order valence-electron chi connectivity index (χ4n) is 2.47. The Morgan fingerprint density at radius 2 is 1.30 bits per heavy atom. The van der Waals surface area contributed by atoms with E-state index in [4.69, 9.17) is 14.2 Å². The van der Waals surface area contributed by atoms with Gasteiger partial charge in [0.1, 0.15) is 12.0 Å². The van der Waals surface area contributed by atoms with E-state index in [0.29, 0.717) is 26.4 Å². The van der Waals surface area contributed by atoms with Gasteiger partial charge in [0.25, 0.3) is 0 Å². The molecule has 0 N–H and O–H groups in total. The Kier molecular flexibility index (Phi) is 5.40. The van der Waals surface area contributed by atoms with Crippen molar-refractivity contribution in [1.82, 2.24) is 0 Å². The highest BCUT2D eigenvalue weighted by molar-refractivity contribution is 5.78. The molecule has 0 amide bonds. The lowest BCUT2D eigenvalue weighted by Crippen LogP contribution is -2.50. The Bertz CT molecular complexity index is 612. The number of cyclic esters (lactones) is 1. The van der Waals surface area contributed by atoms with E-state index in [9.17, 15) is 4.79 Å². The topological polar surface area (TPSA) is 44.8 Å². The van der Waals surface area contributed by atoms with Gasteiger partial charge in [0.2, 0.25) is 0 Å². The van der Waals surface area contributed by atoms with Gasteiger partial charge in [0.05, 0.1) is 26.4 Å². The smallest absolute Gasteiger partial charge is 0.315 e. The lowest BCUT2D eigenvalue weighted by molar-refractivity contribution is -0.198. The summed E-state index contributed by atoms with van der Waals surface area (Å²) in [6.07, 6.45) is -0.206. The number of esters is 1. The van der Waals surface area contributed by atoms with Gasteiger partial charge in [-0.1, -0.05) is 60.7 Å². The number of rotatable bonds is 8. The summed E-state index contributed by atoms with van der Waals surface area (Å²) in [5.41, 5.74) is 2.20. The normalized spacial score (nSPS) is 19.9. The fraction of sp³-hybridized carbons (Fsp3) is 0.316. The van der Waals surface area contributed by atoms with Crippen LogP contribution >= 0.6 is 0 Å². The molecule has 1 heterocycles. The molecule has 4 heteroatoms. The van der Waals surface area contributed by atoms with Crippen molar-refractivity contribution in [2.75, 3.05) is 13.2 Å². The number of carbonyl (C=O) groups excluding carboxylic acids is 1. The first-order valence-corrected chi connectivity index (χ1v) is 7.77. The molecule has 2 atom stereocenters. The fourth-order valence-corrected chi connectivity index (χ4v) is 2.47. The Balaban J connectivity index is 1.38. The highest BCUT2D eigenvalue weighted by atomic mass is 16.6. The average molecular weight is 312 g/mol. The summed E-state index contributed by atoms with van der Waals surface area (Å²) in [5, 5.41) is 0. The highest BCUT2D eigenvalue weighted by Crippen LogP contribution is 2.23. The summed E-state index contributed by atoms with van der Waals surface area (Å²) in [7, 11) is 0. The van der Waals surface area contributed by atoms with Crippen LogP contribution < -0.4 is 0 Å². The summed E-state index contributed by atoms with van der Waals surface area (Å²) in [6.45, 7) is 1.79. The van der Waals surface area contributed by atoms with E-state index in [1.807, 2.05) is 60.7 Å². The molecule has 23 heavy (non-hydrogen) atoms. The van der Waals surface area contributed by atoms with Gasteiger partial charge in [-0.25, -0.2) is 0 Å². The van der Waals surface area contributed by atoms with E-state index in [2.05, 4.69) is 0 Å². The molecule has 0 aliphatic carbocycles. The van der Waals surface area contributed by atoms with Gasteiger partial charge in [-0.15, -0.1) is 0 Å². The maximum atomic E-state index is 11.6. The number of ether oxygens (including phenoxy) is 3. The third kappa shape index (κ3) is 4.41. The van der Waals surface area contributed by atoms with Crippen molar-refractivity contribution < 1.29 is 19.0 Å². The van der Waals surface area contributed by atoms with Gasteiger partial charge in [0, 0.05) is 0 Å². The molecule has 0 aromatic heterocycles. The van der Waals surface area contributed by atoms with Crippen LogP contribution in [0.4, 0.5) is 0 Å².